The van der Waals surface area contributed by atoms with Gasteiger partial charge in [0.2, 0.25) is 0 Å². The van der Waals surface area contributed by atoms with Gasteiger partial charge in [-0.15, -0.1) is 0 Å². The van der Waals surface area contributed by atoms with E-state index in [2.05, 4.69) is 5.32 Å². The molecule has 0 aliphatic carbocycles. The summed E-state index contributed by atoms with van der Waals surface area (Å²) in [7, 11) is 0. The van der Waals surface area contributed by atoms with Gasteiger partial charge in [-0.25, -0.2) is 4.79 Å². The molecular weight excluding hydrogens is 122 g/mol. The number of nitrogens with two attached hydrogens (primary N) is 1. The SMILES string of the molecule is NC[C@H]1NC(=O)NC1=O. The molecule has 3 amide bonds. The summed E-state index contributed by atoms with van der Waals surface area (Å²) in [6.07, 6.45) is 0. The summed E-state index contributed by atoms with van der Waals surface area (Å²) >= 11 is 0. The first-order valence-electron chi connectivity index (χ1n) is 2.55. The van der Waals surface area contributed by atoms with Crippen molar-refractivity contribution in [1.29, 1.82) is 0 Å². The third-order valence-electron chi connectivity index (χ3n) is 1.09. The fourth-order valence-corrected chi connectivity index (χ4v) is 0.625. The van der Waals surface area contributed by atoms with Crippen molar-refractivity contribution in [1.82, 2.24) is 10.6 Å². The zero-order valence-electron chi connectivity index (χ0n) is 4.68. The van der Waals surface area contributed by atoms with Crippen molar-refractivity contribution in [2.24, 2.45) is 5.73 Å². The van der Waals surface area contributed by atoms with E-state index in [0.29, 0.717) is 0 Å². The average Bonchev–Trinajstić information content (AvgIpc) is 2.10. The number of urea groups is 1. The van der Waals surface area contributed by atoms with Gasteiger partial charge in [-0.05, 0) is 0 Å². The minimum absolute atomic E-state index is 0.150. The van der Waals surface area contributed by atoms with Gasteiger partial charge < -0.3 is 11.1 Å². The molecule has 1 saturated heterocycles. The lowest BCUT2D eigenvalue weighted by Crippen LogP contribution is -2.36. The fourth-order valence-electron chi connectivity index (χ4n) is 0.625. The van der Waals surface area contributed by atoms with Gasteiger partial charge in [0.15, 0.2) is 0 Å². The molecule has 1 rings (SSSR count). The van der Waals surface area contributed by atoms with Crippen LogP contribution < -0.4 is 16.4 Å². The van der Waals surface area contributed by atoms with Crippen molar-refractivity contribution in [3.05, 3.63) is 0 Å². The Hall–Kier alpha value is -1.10. The predicted molar refractivity (Wildman–Crippen MR) is 29.5 cm³/mol. The Labute approximate surface area is 51.6 Å². The third-order valence-corrected chi connectivity index (χ3v) is 1.09. The summed E-state index contributed by atoms with van der Waals surface area (Å²) in [6.45, 7) is 0.150. The lowest BCUT2D eigenvalue weighted by molar-refractivity contribution is -0.119. The van der Waals surface area contributed by atoms with Crippen LogP contribution in [0.4, 0.5) is 4.79 Å². The highest BCUT2D eigenvalue weighted by atomic mass is 16.2. The first-order chi connectivity index (χ1) is 4.24. The lowest BCUT2D eigenvalue weighted by Gasteiger charge is -1.98. The molecule has 0 saturated carbocycles. The van der Waals surface area contributed by atoms with E-state index in [-0.39, 0.29) is 12.5 Å². The fraction of sp³-hybridized carbons (Fsp3) is 0.500. The van der Waals surface area contributed by atoms with E-state index >= 15 is 0 Å². The molecule has 4 N–H and O–H groups in total. The molecule has 0 bridgehead atoms. The van der Waals surface area contributed by atoms with Crippen molar-refractivity contribution in [3.63, 3.8) is 0 Å². The van der Waals surface area contributed by atoms with Crippen LogP contribution in [-0.4, -0.2) is 24.5 Å². The van der Waals surface area contributed by atoms with Crippen LogP contribution >= 0.6 is 0 Å². The summed E-state index contributed by atoms with van der Waals surface area (Å²) in [4.78, 5) is 20.9. The van der Waals surface area contributed by atoms with Crippen molar-refractivity contribution >= 4 is 11.9 Å². The molecule has 50 valence electrons. The number of carbonyl (C=O) groups is 2. The van der Waals surface area contributed by atoms with E-state index < -0.39 is 12.1 Å². The van der Waals surface area contributed by atoms with Gasteiger partial charge in [-0.2, -0.15) is 0 Å². The highest BCUT2D eigenvalue weighted by molar-refractivity contribution is 6.04. The maximum atomic E-state index is 10.5. The summed E-state index contributed by atoms with van der Waals surface area (Å²) in [5.41, 5.74) is 5.11. The van der Waals surface area contributed by atoms with Gasteiger partial charge in [0.25, 0.3) is 5.91 Å². The Morgan fingerprint density at radius 3 is 2.44 bits per heavy atom. The Balaban J connectivity index is 2.58. The molecule has 0 aromatic heterocycles. The van der Waals surface area contributed by atoms with Gasteiger partial charge in [-0.3, -0.25) is 10.1 Å². The van der Waals surface area contributed by atoms with Crippen LogP contribution in [0.3, 0.4) is 0 Å². The first kappa shape index (κ1) is 6.03. The minimum Gasteiger partial charge on any atom is -0.328 e. The number of hydrogen-bond acceptors (Lipinski definition) is 3. The normalized spacial score (nSPS) is 25.7. The highest BCUT2D eigenvalue weighted by Gasteiger charge is 2.27. The quantitative estimate of drug-likeness (QED) is 0.363. The maximum Gasteiger partial charge on any atom is 0.322 e. The van der Waals surface area contributed by atoms with Crippen molar-refractivity contribution in [2.45, 2.75) is 6.04 Å². The summed E-state index contributed by atoms with van der Waals surface area (Å²) in [5, 5.41) is 4.38. The third kappa shape index (κ3) is 0.996. The second kappa shape index (κ2) is 2.02. The molecule has 1 aliphatic heterocycles. The molecule has 0 aromatic carbocycles. The number of hydrogen-bond donors (Lipinski definition) is 3. The molecule has 5 heteroatoms. The molecule has 1 atom stereocenters. The minimum atomic E-state index is -0.530. The second-order valence-corrected chi connectivity index (χ2v) is 1.75. The van der Waals surface area contributed by atoms with Crippen molar-refractivity contribution < 1.29 is 9.59 Å². The van der Waals surface area contributed by atoms with Crippen LogP contribution in [0.25, 0.3) is 0 Å². The number of carbonyl (C=O) groups excluding carboxylic acids is 2. The molecule has 0 spiro atoms. The van der Waals surface area contributed by atoms with Crippen molar-refractivity contribution in [3.8, 4) is 0 Å². The molecule has 0 unspecified atom stereocenters. The van der Waals surface area contributed by atoms with Gasteiger partial charge in [0.05, 0.1) is 0 Å². The average molecular weight is 129 g/mol. The first-order valence-corrected chi connectivity index (χ1v) is 2.55. The summed E-state index contributed by atoms with van der Waals surface area (Å²) in [6, 6.07) is -0.993. The predicted octanol–water partition coefficient (Wildman–Crippen LogP) is -1.85. The van der Waals surface area contributed by atoms with Crippen LogP contribution in [0.2, 0.25) is 0 Å². The zero-order chi connectivity index (χ0) is 6.85. The van der Waals surface area contributed by atoms with Crippen LogP contribution in [0.15, 0.2) is 0 Å². The Morgan fingerprint density at radius 2 is 2.22 bits per heavy atom. The molecule has 5 nitrogen and oxygen atoms in total. The molecular formula is C4H7N3O2. The molecule has 0 aromatic rings. The number of amides is 3. The number of nitrogens with one attached hydrogen (secondary N) is 2. The smallest absolute Gasteiger partial charge is 0.322 e. The maximum absolute atomic E-state index is 10.5. The number of rotatable bonds is 1. The van der Waals surface area contributed by atoms with Crippen molar-refractivity contribution in [2.75, 3.05) is 6.54 Å². The van der Waals surface area contributed by atoms with Gasteiger partial charge in [0.1, 0.15) is 6.04 Å². The van der Waals surface area contributed by atoms with E-state index in [1.54, 1.807) is 0 Å². The summed E-state index contributed by atoms with van der Waals surface area (Å²) in [5.74, 6) is -0.345. The molecule has 9 heavy (non-hydrogen) atoms. The van der Waals surface area contributed by atoms with Crippen LogP contribution in [0.5, 0.6) is 0 Å². The van der Waals surface area contributed by atoms with Gasteiger partial charge >= 0.3 is 6.03 Å². The summed E-state index contributed by atoms with van der Waals surface area (Å²) < 4.78 is 0. The molecule has 1 heterocycles. The second-order valence-electron chi connectivity index (χ2n) is 1.75. The monoisotopic (exact) mass is 129 g/mol. The van der Waals surface area contributed by atoms with Gasteiger partial charge in [-0.1, -0.05) is 0 Å². The van der Waals surface area contributed by atoms with E-state index in [1.807, 2.05) is 5.32 Å². The Morgan fingerprint density at radius 1 is 1.56 bits per heavy atom. The zero-order valence-corrected chi connectivity index (χ0v) is 4.68. The molecule has 1 aliphatic rings. The number of imide groups is 1. The van der Waals surface area contributed by atoms with Gasteiger partial charge in [0, 0.05) is 6.54 Å². The van der Waals surface area contributed by atoms with E-state index in [1.165, 1.54) is 0 Å². The van der Waals surface area contributed by atoms with E-state index in [4.69, 9.17) is 5.73 Å². The van der Waals surface area contributed by atoms with Crippen LogP contribution in [0.1, 0.15) is 0 Å². The molecule has 0 radical (unpaired) electrons. The Kier molecular flexibility index (Phi) is 1.35. The standard InChI is InChI=1S/C4H7N3O2/c5-1-2-3(8)7-4(9)6-2/h2H,1,5H2,(H2,6,7,8,9)/t2-/m1/s1. The van der Waals surface area contributed by atoms with Crippen LogP contribution in [-0.2, 0) is 4.79 Å². The highest BCUT2D eigenvalue weighted by Crippen LogP contribution is 1.88. The van der Waals surface area contributed by atoms with E-state index in [0.717, 1.165) is 0 Å². The topological polar surface area (TPSA) is 84.2 Å². The Bertz CT molecular complexity index is 156. The van der Waals surface area contributed by atoms with Crippen LogP contribution in [0, 0.1) is 0 Å². The lowest BCUT2D eigenvalue weighted by atomic mass is 10.3. The largest absolute Gasteiger partial charge is 0.328 e. The van der Waals surface area contributed by atoms with E-state index in [9.17, 15) is 9.59 Å². The molecule has 1 fully saturated rings.